The van der Waals surface area contributed by atoms with Crippen molar-refractivity contribution in [3.8, 4) is 0 Å². The van der Waals surface area contributed by atoms with Crippen molar-refractivity contribution in [1.82, 2.24) is 0 Å². The monoisotopic (exact) mass is 758 g/mol. The molecule has 0 aliphatic heterocycles. The summed E-state index contributed by atoms with van der Waals surface area (Å²) in [6, 6.07) is 0. The van der Waals surface area contributed by atoms with Crippen LogP contribution in [0.2, 0.25) is 0 Å². The first kappa shape index (κ1) is 49.7. The fourth-order valence-corrected chi connectivity index (χ4v) is 4.95. The third-order valence-electron chi connectivity index (χ3n) is 7.18. The van der Waals surface area contributed by atoms with Gasteiger partial charge in [-0.3, -0.25) is 18.6 Å². The summed E-state index contributed by atoms with van der Waals surface area (Å²) in [6.45, 7) is 3.98. The Labute approximate surface area is 321 Å². The molecule has 0 aromatic rings. The molecule has 0 aliphatic carbocycles. The van der Waals surface area contributed by atoms with E-state index >= 15 is 0 Å². The lowest BCUT2D eigenvalue weighted by atomic mass is 10.1. The summed E-state index contributed by atoms with van der Waals surface area (Å²) in [5, 5.41) is 0. The molecule has 0 aromatic heterocycles. The Bertz CT molecular complexity index is 1270. The van der Waals surface area contributed by atoms with Crippen molar-refractivity contribution in [2.45, 2.75) is 103 Å². The molecule has 2 atom stereocenters. The molecule has 0 rings (SSSR count). The van der Waals surface area contributed by atoms with Crippen LogP contribution in [0.25, 0.3) is 0 Å². The SMILES string of the molecule is CC/C=C/C=C/C=C/C=C/C=C/CCCC(=O)OC(COC(=O)CCCCC/C=C/C/C=C/C/C=C/C/C=C/CC)COP(=O)(O)OCC[N+](C)(C)C. The van der Waals surface area contributed by atoms with Gasteiger partial charge in [-0.15, -0.1) is 0 Å². The highest BCUT2D eigenvalue weighted by Gasteiger charge is 2.27. The van der Waals surface area contributed by atoms with Gasteiger partial charge in [0, 0.05) is 12.8 Å². The fraction of sp³-hybridized carbons (Fsp3) is 0.535. The van der Waals surface area contributed by atoms with Gasteiger partial charge in [0.2, 0.25) is 0 Å². The highest BCUT2D eigenvalue weighted by atomic mass is 31.2. The molecule has 9 nitrogen and oxygen atoms in total. The first-order valence-corrected chi connectivity index (χ1v) is 20.7. The number of hydrogen-bond acceptors (Lipinski definition) is 7. The van der Waals surface area contributed by atoms with Gasteiger partial charge >= 0.3 is 19.8 Å². The van der Waals surface area contributed by atoms with Crippen LogP contribution in [0.15, 0.2) is 109 Å². The minimum atomic E-state index is -4.40. The lowest BCUT2D eigenvalue weighted by Crippen LogP contribution is -2.37. The number of phosphoric ester groups is 1. The van der Waals surface area contributed by atoms with Crippen molar-refractivity contribution in [1.29, 1.82) is 0 Å². The largest absolute Gasteiger partial charge is 0.472 e. The summed E-state index contributed by atoms with van der Waals surface area (Å²) in [4.78, 5) is 35.2. The molecule has 2 unspecified atom stereocenters. The molecule has 53 heavy (non-hydrogen) atoms. The van der Waals surface area contributed by atoms with E-state index < -0.39 is 32.5 Å². The first-order valence-electron chi connectivity index (χ1n) is 19.2. The zero-order valence-electron chi connectivity index (χ0n) is 33.2. The quantitative estimate of drug-likeness (QED) is 0.0180. The minimum Gasteiger partial charge on any atom is -0.462 e. The van der Waals surface area contributed by atoms with Gasteiger partial charge in [-0.25, -0.2) is 4.57 Å². The second kappa shape index (κ2) is 34.4. The number of carbonyl (C=O) groups is 2. The van der Waals surface area contributed by atoms with E-state index in [1.54, 1.807) is 0 Å². The number of rotatable bonds is 32. The molecule has 0 aromatic carbocycles. The Kier molecular flexibility index (Phi) is 32.3. The van der Waals surface area contributed by atoms with Crippen LogP contribution in [0.3, 0.4) is 0 Å². The zero-order chi connectivity index (χ0) is 39.3. The predicted molar refractivity (Wildman–Crippen MR) is 219 cm³/mol. The van der Waals surface area contributed by atoms with Crippen LogP contribution in [0, 0.1) is 0 Å². The minimum absolute atomic E-state index is 0.00564. The molecule has 0 fully saturated rings. The van der Waals surface area contributed by atoms with E-state index in [1.807, 2.05) is 75.8 Å². The maximum atomic E-state index is 12.6. The third kappa shape index (κ3) is 38.2. The van der Waals surface area contributed by atoms with E-state index in [1.165, 1.54) is 0 Å². The summed E-state index contributed by atoms with van der Waals surface area (Å²) < 4.78 is 34.0. The normalized spacial score (nSPS) is 14.9. The van der Waals surface area contributed by atoms with Gasteiger partial charge in [-0.2, -0.15) is 0 Å². The lowest BCUT2D eigenvalue weighted by Gasteiger charge is -2.24. The number of allylic oxidation sites excluding steroid dienone is 18. The van der Waals surface area contributed by atoms with Crippen LogP contribution in [0.4, 0.5) is 0 Å². The Morgan fingerprint density at radius 1 is 0.604 bits per heavy atom. The van der Waals surface area contributed by atoms with Crippen LogP contribution < -0.4 is 0 Å². The third-order valence-corrected chi connectivity index (χ3v) is 8.16. The van der Waals surface area contributed by atoms with Crippen molar-refractivity contribution in [2.24, 2.45) is 0 Å². The first-order chi connectivity index (χ1) is 25.5. The lowest BCUT2D eigenvalue weighted by molar-refractivity contribution is -0.870. The molecule has 0 radical (unpaired) electrons. The molecule has 0 bridgehead atoms. The molecule has 0 saturated carbocycles. The van der Waals surface area contributed by atoms with Gasteiger partial charge in [0.15, 0.2) is 6.10 Å². The number of unbranched alkanes of at least 4 members (excludes halogenated alkanes) is 4. The van der Waals surface area contributed by atoms with Crippen molar-refractivity contribution in [3.05, 3.63) is 109 Å². The van der Waals surface area contributed by atoms with Crippen LogP contribution in [0.5, 0.6) is 0 Å². The molecule has 10 heteroatoms. The van der Waals surface area contributed by atoms with Gasteiger partial charge in [0.25, 0.3) is 0 Å². The van der Waals surface area contributed by atoms with E-state index in [4.69, 9.17) is 18.5 Å². The van der Waals surface area contributed by atoms with E-state index in [9.17, 15) is 19.0 Å². The number of likely N-dealkylation sites (N-methyl/N-ethyl adjacent to an activating group) is 1. The van der Waals surface area contributed by atoms with Crippen LogP contribution in [-0.2, 0) is 32.7 Å². The van der Waals surface area contributed by atoms with E-state index in [0.717, 1.165) is 51.4 Å². The summed E-state index contributed by atoms with van der Waals surface area (Å²) in [6.07, 6.45) is 45.9. The Morgan fingerprint density at radius 2 is 1.13 bits per heavy atom. The molecule has 0 amide bonds. The standard InChI is InChI=1S/C43H68NO8P/c1-6-8-10-12-14-16-18-20-21-22-24-25-27-29-31-33-35-42(45)49-39-41(40-51-53(47,48)50-38-37-44(3,4)5)52-43(46)36-34-32-30-28-26-23-19-17-15-13-11-9-7-2/h8-11,13-17,19-21,23-26,28,30,41H,6-7,12,18,22,27,29,31-40H2,1-5H3/p+1/b10-8+,11-9+,15-13+,16-14+,19-17+,21-20+,25-24+,26-23+,30-28+. The number of nitrogens with zero attached hydrogens (tertiary/aromatic N) is 1. The van der Waals surface area contributed by atoms with Gasteiger partial charge in [-0.1, -0.05) is 130 Å². The van der Waals surface area contributed by atoms with Crippen LogP contribution in [-0.4, -0.2) is 74.9 Å². The highest BCUT2D eigenvalue weighted by molar-refractivity contribution is 7.47. The van der Waals surface area contributed by atoms with Crippen LogP contribution in [0.1, 0.15) is 97.3 Å². The smallest absolute Gasteiger partial charge is 0.462 e. The van der Waals surface area contributed by atoms with Gasteiger partial charge in [0.05, 0.1) is 27.7 Å². The van der Waals surface area contributed by atoms with E-state index in [-0.39, 0.29) is 26.1 Å². The molecular weight excluding hydrogens is 689 g/mol. The Hall–Kier alpha value is -3.33. The zero-order valence-corrected chi connectivity index (χ0v) is 34.1. The number of hydrogen-bond donors (Lipinski definition) is 1. The average molecular weight is 759 g/mol. The van der Waals surface area contributed by atoms with Crippen molar-refractivity contribution in [2.75, 3.05) is 47.5 Å². The fourth-order valence-electron chi connectivity index (χ4n) is 4.21. The number of phosphoric acid groups is 1. The number of ether oxygens (including phenoxy) is 2. The molecule has 0 heterocycles. The molecular formula is C43H69NO8P+. The number of carbonyl (C=O) groups excluding carboxylic acids is 2. The summed E-state index contributed by atoms with van der Waals surface area (Å²) >= 11 is 0. The Balaban J connectivity index is 4.63. The van der Waals surface area contributed by atoms with E-state index in [2.05, 4.69) is 68.5 Å². The molecule has 298 valence electrons. The maximum Gasteiger partial charge on any atom is 0.472 e. The van der Waals surface area contributed by atoms with E-state index in [0.29, 0.717) is 30.3 Å². The van der Waals surface area contributed by atoms with Gasteiger partial charge < -0.3 is 18.9 Å². The maximum absolute atomic E-state index is 12.6. The molecule has 0 aliphatic rings. The average Bonchev–Trinajstić information content (AvgIpc) is 3.10. The van der Waals surface area contributed by atoms with Gasteiger partial charge in [0.1, 0.15) is 19.8 Å². The molecule has 1 N–H and O–H groups in total. The van der Waals surface area contributed by atoms with Crippen molar-refractivity contribution < 1.29 is 42.1 Å². The van der Waals surface area contributed by atoms with Gasteiger partial charge in [-0.05, 0) is 64.2 Å². The summed E-state index contributed by atoms with van der Waals surface area (Å²) in [5.74, 6) is -0.939. The molecule has 0 saturated heterocycles. The second-order valence-corrected chi connectivity index (χ2v) is 14.8. The number of quaternary nitrogens is 1. The summed E-state index contributed by atoms with van der Waals surface area (Å²) in [7, 11) is 1.39. The topological polar surface area (TPSA) is 108 Å². The highest BCUT2D eigenvalue weighted by Crippen LogP contribution is 2.43. The summed E-state index contributed by atoms with van der Waals surface area (Å²) in [5.41, 5.74) is 0. The number of esters is 2. The second-order valence-electron chi connectivity index (χ2n) is 13.3. The van der Waals surface area contributed by atoms with Crippen molar-refractivity contribution >= 4 is 19.8 Å². The van der Waals surface area contributed by atoms with Crippen LogP contribution >= 0.6 is 7.82 Å². The predicted octanol–water partition coefficient (Wildman–Crippen LogP) is 10.4. The van der Waals surface area contributed by atoms with Crippen molar-refractivity contribution in [3.63, 3.8) is 0 Å². The Morgan fingerprint density at radius 3 is 1.74 bits per heavy atom. The molecule has 0 spiro atoms.